The topological polar surface area (TPSA) is 35.2 Å². The molecule has 0 aliphatic carbocycles. The molecule has 0 bridgehead atoms. The van der Waals surface area contributed by atoms with E-state index in [-0.39, 0.29) is 6.04 Å². The van der Waals surface area contributed by atoms with Gasteiger partial charge >= 0.3 is 0 Å². The summed E-state index contributed by atoms with van der Waals surface area (Å²) in [5, 5.41) is 0. The number of methoxy groups -OCH3 is 1. The number of hydrogen-bond acceptors (Lipinski definition) is 3. The number of nitrogens with two attached hydrogens (primary N) is 1. The Bertz CT molecular complexity index is 336. The van der Waals surface area contributed by atoms with E-state index >= 15 is 0 Å². The van der Waals surface area contributed by atoms with Crippen molar-refractivity contribution in [3.05, 3.63) is 29.8 Å². The summed E-state index contributed by atoms with van der Waals surface area (Å²) >= 11 is 2.02. The molecule has 2 N–H and O–H groups in total. The molecular weight excluding hydrogens is 218 g/mol. The van der Waals surface area contributed by atoms with E-state index in [2.05, 4.69) is 12.1 Å². The largest absolute Gasteiger partial charge is 0.497 e. The van der Waals surface area contributed by atoms with Gasteiger partial charge in [0.15, 0.2) is 0 Å². The van der Waals surface area contributed by atoms with E-state index in [0.29, 0.717) is 5.92 Å². The van der Waals surface area contributed by atoms with Gasteiger partial charge in [-0.25, -0.2) is 0 Å². The minimum atomic E-state index is 0.155. The van der Waals surface area contributed by atoms with Crippen LogP contribution in [-0.4, -0.2) is 18.6 Å². The Balaban J connectivity index is 2.09. The zero-order chi connectivity index (χ0) is 11.4. The van der Waals surface area contributed by atoms with E-state index < -0.39 is 0 Å². The van der Waals surface area contributed by atoms with Crippen LogP contribution >= 0.6 is 11.8 Å². The van der Waals surface area contributed by atoms with Crippen LogP contribution < -0.4 is 10.5 Å². The minimum Gasteiger partial charge on any atom is -0.497 e. The van der Waals surface area contributed by atoms with Crippen LogP contribution in [0.5, 0.6) is 5.75 Å². The third-order valence-electron chi connectivity index (χ3n) is 3.18. The maximum Gasteiger partial charge on any atom is 0.119 e. The van der Waals surface area contributed by atoms with E-state index in [1.807, 2.05) is 23.9 Å². The molecule has 1 aliphatic rings. The first-order valence-electron chi connectivity index (χ1n) is 5.78. The lowest BCUT2D eigenvalue weighted by molar-refractivity contribution is 0.408. The van der Waals surface area contributed by atoms with Gasteiger partial charge in [0.1, 0.15) is 5.75 Å². The maximum absolute atomic E-state index is 6.32. The van der Waals surface area contributed by atoms with Gasteiger partial charge in [-0.2, -0.15) is 11.8 Å². The SMILES string of the molecule is COc1cccc(C(N)C2CCCSC2)c1. The molecule has 0 aromatic heterocycles. The Morgan fingerprint density at radius 3 is 3.06 bits per heavy atom. The zero-order valence-corrected chi connectivity index (χ0v) is 10.5. The van der Waals surface area contributed by atoms with Crippen LogP contribution in [0, 0.1) is 5.92 Å². The number of ether oxygens (including phenoxy) is 1. The predicted octanol–water partition coefficient (Wildman–Crippen LogP) is 2.84. The molecular formula is C13H19NOS. The molecule has 2 nitrogen and oxygen atoms in total. The van der Waals surface area contributed by atoms with Crippen molar-refractivity contribution < 1.29 is 4.74 Å². The standard InChI is InChI=1S/C13H19NOS/c1-15-12-6-2-4-10(8-12)13(14)11-5-3-7-16-9-11/h2,4,6,8,11,13H,3,5,7,9,14H2,1H3. The van der Waals surface area contributed by atoms with Crippen molar-refractivity contribution in [1.82, 2.24) is 0 Å². The molecule has 1 heterocycles. The van der Waals surface area contributed by atoms with Gasteiger partial charge in [0.05, 0.1) is 7.11 Å². The van der Waals surface area contributed by atoms with Gasteiger partial charge in [0.25, 0.3) is 0 Å². The van der Waals surface area contributed by atoms with Crippen LogP contribution in [0.1, 0.15) is 24.4 Å². The van der Waals surface area contributed by atoms with Crippen molar-refractivity contribution in [3.63, 3.8) is 0 Å². The molecule has 1 saturated heterocycles. The first kappa shape index (κ1) is 11.8. The fraction of sp³-hybridized carbons (Fsp3) is 0.538. The fourth-order valence-corrected chi connectivity index (χ4v) is 3.38. The van der Waals surface area contributed by atoms with E-state index in [1.54, 1.807) is 7.11 Å². The molecule has 1 aliphatic heterocycles. The molecule has 2 atom stereocenters. The number of rotatable bonds is 3. The molecule has 2 rings (SSSR count). The first-order valence-corrected chi connectivity index (χ1v) is 6.94. The predicted molar refractivity (Wildman–Crippen MR) is 70.0 cm³/mol. The Morgan fingerprint density at radius 2 is 2.38 bits per heavy atom. The summed E-state index contributed by atoms with van der Waals surface area (Å²) in [6.45, 7) is 0. The van der Waals surface area contributed by atoms with Gasteiger partial charge in [0.2, 0.25) is 0 Å². The quantitative estimate of drug-likeness (QED) is 0.878. The highest BCUT2D eigenvalue weighted by Crippen LogP contribution is 2.32. The van der Waals surface area contributed by atoms with Gasteiger partial charge in [-0.1, -0.05) is 12.1 Å². The monoisotopic (exact) mass is 237 g/mol. The maximum atomic E-state index is 6.32. The second kappa shape index (κ2) is 5.60. The number of hydrogen-bond donors (Lipinski definition) is 1. The van der Waals surface area contributed by atoms with Crippen LogP contribution in [0.15, 0.2) is 24.3 Å². The molecule has 16 heavy (non-hydrogen) atoms. The minimum absolute atomic E-state index is 0.155. The van der Waals surface area contributed by atoms with Crippen LogP contribution in [0.4, 0.5) is 0 Å². The molecule has 0 amide bonds. The van der Waals surface area contributed by atoms with Crippen molar-refractivity contribution in [2.45, 2.75) is 18.9 Å². The van der Waals surface area contributed by atoms with Crippen LogP contribution in [0.2, 0.25) is 0 Å². The van der Waals surface area contributed by atoms with Gasteiger partial charge in [-0.3, -0.25) is 0 Å². The molecule has 2 unspecified atom stereocenters. The number of thioether (sulfide) groups is 1. The summed E-state index contributed by atoms with van der Waals surface area (Å²) < 4.78 is 5.23. The molecule has 88 valence electrons. The second-order valence-corrected chi connectivity index (χ2v) is 5.43. The van der Waals surface area contributed by atoms with E-state index in [1.165, 1.54) is 29.9 Å². The van der Waals surface area contributed by atoms with Crippen LogP contribution in [-0.2, 0) is 0 Å². The summed E-state index contributed by atoms with van der Waals surface area (Å²) in [7, 11) is 1.70. The average Bonchev–Trinajstić information content (AvgIpc) is 2.39. The lowest BCUT2D eigenvalue weighted by Gasteiger charge is -2.27. The fourth-order valence-electron chi connectivity index (χ4n) is 2.17. The molecule has 0 saturated carbocycles. The molecule has 1 aromatic rings. The summed E-state index contributed by atoms with van der Waals surface area (Å²) in [5.41, 5.74) is 7.53. The highest BCUT2D eigenvalue weighted by molar-refractivity contribution is 7.99. The Morgan fingerprint density at radius 1 is 1.50 bits per heavy atom. The molecule has 0 spiro atoms. The highest BCUT2D eigenvalue weighted by atomic mass is 32.2. The van der Waals surface area contributed by atoms with E-state index in [9.17, 15) is 0 Å². The second-order valence-electron chi connectivity index (χ2n) is 4.28. The van der Waals surface area contributed by atoms with E-state index in [0.717, 1.165) is 5.75 Å². The number of benzene rings is 1. The highest BCUT2D eigenvalue weighted by Gasteiger charge is 2.22. The molecule has 1 aromatic carbocycles. The van der Waals surface area contributed by atoms with E-state index in [4.69, 9.17) is 10.5 Å². The van der Waals surface area contributed by atoms with Gasteiger partial charge in [0, 0.05) is 6.04 Å². The van der Waals surface area contributed by atoms with Gasteiger partial charge < -0.3 is 10.5 Å². The third-order valence-corrected chi connectivity index (χ3v) is 4.42. The Kier molecular flexibility index (Phi) is 4.13. The smallest absolute Gasteiger partial charge is 0.119 e. The molecule has 0 radical (unpaired) electrons. The molecule has 3 heteroatoms. The lowest BCUT2D eigenvalue weighted by Crippen LogP contribution is -2.25. The summed E-state index contributed by atoms with van der Waals surface area (Å²) in [4.78, 5) is 0. The van der Waals surface area contributed by atoms with Crippen LogP contribution in [0.25, 0.3) is 0 Å². The van der Waals surface area contributed by atoms with Crippen molar-refractivity contribution in [1.29, 1.82) is 0 Å². The third kappa shape index (κ3) is 2.71. The average molecular weight is 237 g/mol. The Labute approximate surface area is 102 Å². The van der Waals surface area contributed by atoms with Crippen LogP contribution in [0.3, 0.4) is 0 Å². The molecule has 1 fully saturated rings. The summed E-state index contributed by atoms with van der Waals surface area (Å²) in [5.74, 6) is 4.00. The van der Waals surface area contributed by atoms with Gasteiger partial charge in [-0.15, -0.1) is 0 Å². The Hall–Kier alpha value is -0.670. The summed E-state index contributed by atoms with van der Waals surface area (Å²) in [6, 6.07) is 8.30. The van der Waals surface area contributed by atoms with Crippen molar-refractivity contribution in [2.24, 2.45) is 11.7 Å². The normalized spacial score (nSPS) is 22.8. The zero-order valence-electron chi connectivity index (χ0n) is 9.69. The van der Waals surface area contributed by atoms with Crippen molar-refractivity contribution in [2.75, 3.05) is 18.6 Å². The van der Waals surface area contributed by atoms with Crippen molar-refractivity contribution >= 4 is 11.8 Å². The first-order chi connectivity index (χ1) is 7.81. The lowest BCUT2D eigenvalue weighted by atomic mass is 9.91. The summed E-state index contributed by atoms with van der Waals surface area (Å²) in [6.07, 6.45) is 2.55. The van der Waals surface area contributed by atoms with Crippen molar-refractivity contribution in [3.8, 4) is 5.75 Å². The van der Waals surface area contributed by atoms with Gasteiger partial charge in [-0.05, 0) is 48.0 Å².